The summed E-state index contributed by atoms with van der Waals surface area (Å²) in [6.45, 7) is 1.01. The lowest BCUT2D eigenvalue weighted by Gasteiger charge is -2.17. The van der Waals surface area contributed by atoms with Gasteiger partial charge < -0.3 is 15.1 Å². The number of benzene rings is 2. The highest BCUT2D eigenvalue weighted by molar-refractivity contribution is 7.18. The third kappa shape index (κ3) is 4.33. The van der Waals surface area contributed by atoms with Crippen LogP contribution in [0.25, 0.3) is 10.2 Å². The molecule has 1 aliphatic heterocycles. The van der Waals surface area contributed by atoms with Crippen LogP contribution < -0.4 is 10.2 Å². The Morgan fingerprint density at radius 1 is 1.17 bits per heavy atom. The number of amides is 3. The Morgan fingerprint density at radius 2 is 1.93 bits per heavy atom. The summed E-state index contributed by atoms with van der Waals surface area (Å²) in [5.74, 6) is -0.410. The maximum atomic E-state index is 12.4. The highest BCUT2D eigenvalue weighted by Gasteiger charge is 2.22. The van der Waals surface area contributed by atoms with Crippen molar-refractivity contribution in [3.05, 3.63) is 59.1 Å². The third-order valence-corrected chi connectivity index (χ3v) is 6.07. The zero-order valence-corrected chi connectivity index (χ0v) is 17.4. The van der Waals surface area contributed by atoms with E-state index < -0.39 is 0 Å². The average Bonchev–Trinajstić information content (AvgIpc) is 3.37. The Labute approximate surface area is 178 Å². The molecule has 1 aliphatic rings. The van der Waals surface area contributed by atoms with Gasteiger partial charge in [0, 0.05) is 31.3 Å². The maximum absolute atomic E-state index is 12.4. The number of carbonyl (C=O) groups excluding carboxylic acids is 3. The van der Waals surface area contributed by atoms with E-state index in [9.17, 15) is 14.4 Å². The van der Waals surface area contributed by atoms with Crippen molar-refractivity contribution < 1.29 is 14.4 Å². The van der Waals surface area contributed by atoms with Gasteiger partial charge >= 0.3 is 0 Å². The summed E-state index contributed by atoms with van der Waals surface area (Å²) in [5.41, 5.74) is 2.17. The Hall–Kier alpha value is -3.26. The van der Waals surface area contributed by atoms with Crippen LogP contribution in [0.5, 0.6) is 0 Å². The number of likely N-dealkylation sites (N-methyl/N-ethyl adjacent to an activating group) is 1. The molecule has 2 aromatic carbocycles. The SMILES string of the molecule is CN(Cc1nc2ccccc2s1)C(=O)CNC(=O)c1ccc(N2CCCC2=O)cc1. The van der Waals surface area contributed by atoms with Crippen LogP contribution in [0.2, 0.25) is 0 Å². The Bertz CT molecular complexity index is 1060. The van der Waals surface area contributed by atoms with Crippen LogP contribution in [0.1, 0.15) is 28.2 Å². The van der Waals surface area contributed by atoms with Crippen LogP contribution >= 0.6 is 11.3 Å². The van der Waals surface area contributed by atoms with Gasteiger partial charge in [0.25, 0.3) is 5.91 Å². The van der Waals surface area contributed by atoms with Crippen LogP contribution in [0.15, 0.2) is 48.5 Å². The molecule has 1 N–H and O–H groups in total. The number of rotatable bonds is 6. The second-order valence-electron chi connectivity index (χ2n) is 7.20. The highest BCUT2D eigenvalue weighted by atomic mass is 32.1. The third-order valence-electron chi connectivity index (χ3n) is 5.05. The van der Waals surface area contributed by atoms with E-state index in [2.05, 4.69) is 10.3 Å². The summed E-state index contributed by atoms with van der Waals surface area (Å²) in [6.07, 6.45) is 1.42. The van der Waals surface area contributed by atoms with E-state index in [1.54, 1.807) is 52.4 Å². The van der Waals surface area contributed by atoms with Gasteiger partial charge in [-0.3, -0.25) is 14.4 Å². The fourth-order valence-corrected chi connectivity index (χ4v) is 4.41. The first-order valence-corrected chi connectivity index (χ1v) is 10.6. The minimum Gasteiger partial charge on any atom is -0.343 e. The zero-order chi connectivity index (χ0) is 21.1. The summed E-state index contributed by atoms with van der Waals surface area (Å²) in [6, 6.07) is 14.7. The smallest absolute Gasteiger partial charge is 0.251 e. The summed E-state index contributed by atoms with van der Waals surface area (Å²) < 4.78 is 1.08. The largest absolute Gasteiger partial charge is 0.343 e. The van der Waals surface area contributed by atoms with Gasteiger partial charge in [-0.2, -0.15) is 0 Å². The van der Waals surface area contributed by atoms with Crippen molar-refractivity contribution in [2.45, 2.75) is 19.4 Å². The number of nitrogens with zero attached hydrogens (tertiary/aromatic N) is 3. The van der Waals surface area contributed by atoms with E-state index in [4.69, 9.17) is 0 Å². The quantitative estimate of drug-likeness (QED) is 0.662. The first-order chi connectivity index (χ1) is 14.5. The summed E-state index contributed by atoms with van der Waals surface area (Å²) in [4.78, 5) is 44.4. The number of fused-ring (bicyclic) bond motifs is 1. The standard InChI is InChI=1S/C22H22N4O3S/c1-25(14-19-24-17-5-2-3-6-18(17)30-19)21(28)13-23-22(29)15-8-10-16(11-9-15)26-12-4-7-20(26)27/h2-3,5-6,8-11H,4,7,12-14H2,1H3,(H,23,29). The number of anilines is 1. The summed E-state index contributed by atoms with van der Waals surface area (Å²) in [7, 11) is 1.70. The molecule has 2 heterocycles. The van der Waals surface area contributed by atoms with Gasteiger partial charge in [0.05, 0.1) is 23.3 Å². The Kier molecular flexibility index (Phi) is 5.76. The highest BCUT2D eigenvalue weighted by Crippen LogP contribution is 2.23. The predicted octanol–water partition coefficient (Wildman–Crippen LogP) is 2.81. The van der Waals surface area contributed by atoms with E-state index in [0.29, 0.717) is 25.1 Å². The van der Waals surface area contributed by atoms with E-state index in [1.807, 2.05) is 24.3 Å². The predicted molar refractivity (Wildman–Crippen MR) is 116 cm³/mol. The van der Waals surface area contributed by atoms with Crippen molar-refractivity contribution in [2.24, 2.45) is 0 Å². The minimum absolute atomic E-state index is 0.0907. The number of para-hydroxylation sites is 1. The molecule has 30 heavy (non-hydrogen) atoms. The zero-order valence-electron chi connectivity index (χ0n) is 16.6. The topological polar surface area (TPSA) is 82.6 Å². The molecule has 0 atom stereocenters. The number of thiazole rings is 1. The molecule has 154 valence electrons. The molecule has 8 heteroatoms. The lowest BCUT2D eigenvalue weighted by atomic mass is 10.2. The minimum atomic E-state index is -0.323. The molecule has 3 amide bonds. The van der Waals surface area contributed by atoms with Gasteiger partial charge in [0.2, 0.25) is 11.8 Å². The molecular weight excluding hydrogens is 400 g/mol. The van der Waals surface area contributed by atoms with E-state index in [0.717, 1.165) is 27.3 Å². The van der Waals surface area contributed by atoms with Gasteiger partial charge in [-0.1, -0.05) is 12.1 Å². The second kappa shape index (κ2) is 8.62. The van der Waals surface area contributed by atoms with Crippen LogP contribution in [0.4, 0.5) is 5.69 Å². The molecule has 0 bridgehead atoms. The number of hydrogen-bond donors (Lipinski definition) is 1. The first kappa shape index (κ1) is 20.0. The van der Waals surface area contributed by atoms with Crippen molar-refractivity contribution in [1.29, 1.82) is 0 Å². The second-order valence-corrected chi connectivity index (χ2v) is 8.32. The summed E-state index contributed by atoms with van der Waals surface area (Å²) in [5, 5.41) is 3.51. The van der Waals surface area contributed by atoms with Gasteiger partial charge in [-0.15, -0.1) is 11.3 Å². The van der Waals surface area contributed by atoms with E-state index in [-0.39, 0.29) is 24.3 Å². The fraction of sp³-hybridized carbons (Fsp3) is 0.273. The van der Waals surface area contributed by atoms with Crippen molar-refractivity contribution in [2.75, 3.05) is 25.0 Å². The maximum Gasteiger partial charge on any atom is 0.251 e. The molecule has 1 fully saturated rings. The molecule has 1 saturated heterocycles. The van der Waals surface area contributed by atoms with Crippen molar-refractivity contribution >= 4 is 45.0 Å². The van der Waals surface area contributed by atoms with Gasteiger partial charge in [-0.05, 0) is 42.8 Å². The lowest BCUT2D eigenvalue weighted by Crippen LogP contribution is -2.37. The molecule has 4 rings (SSSR count). The van der Waals surface area contributed by atoms with E-state index >= 15 is 0 Å². The molecule has 3 aromatic rings. The molecular formula is C22H22N4O3S. The molecule has 0 radical (unpaired) electrons. The number of aromatic nitrogens is 1. The molecule has 0 unspecified atom stereocenters. The number of carbonyl (C=O) groups is 3. The number of hydrogen-bond acceptors (Lipinski definition) is 5. The van der Waals surface area contributed by atoms with Gasteiger partial charge in [-0.25, -0.2) is 4.98 Å². The molecule has 0 aliphatic carbocycles. The van der Waals surface area contributed by atoms with Crippen molar-refractivity contribution in [1.82, 2.24) is 15.2 Å². The molecule has 0 saturated carbocycles. The Morgan fingerprint density at radius 3 is 2.63 bits per heavy atom. The molecule has 0 spiro atoms. The van der Waals surface area contributed by atoms with Gasteiger partial charge in [0.15, 0.2) is 0 Å². The monoisotopic (exact) mass is 422 g/mol. The van der Waals surface area contributed by atoms with Gasteiger partial charge in [0.1, 0.15) is 5.01 Å². The van der Waals surface area contributed by atoms with E-state index in [1.165, 1.54) is 0 Å². The van der Waals surface area contributed by atoms with Crippen LogP contribution in [0, 0.1) is 0 Å². The van der Waals surface area contributed by atoms with Crippen molar-refractivity contribution in [3.8, 4) is 0 Å². The van der Waals surface area contributed by atoms with Crippen LogP contribution in [0.3, 0.4) is 0 Å². The fourth-order valence-electron chi connectivity index (χ4n) is 3.39. The molecule has 7 nitrogen and oxygen atoms in total. The van der Waals surface area contributed by atoms with Crippen LogP contribution in [-0.4, -0.2) is 47.7 Å². The lowest BCUT2D eigenvalue weighted by molar-refractivity contribution is -0.129. The number of nitrogens with one attached hydrogen (secondary N) is 1. The molecule has 1 aromatic heterocycles. The average molecular weight is 423 g/mol. The van der Waals surface area contributed by atoms with Crippen molar-refractivity contribution in [3.63, 3.8) is 0 Å². The Balaban J connectivity index is 1.30. The normalized spacial score (nSPS) is 13.6. The summed E-state index contributed by atoms with van der Waals surface area (Å²) >= 11 is 1.56. The van der Waals surface area contributed by atoms with Crippen LogP contribution in [-0.2, 0) is 16.1 Å². The first-order valence-electron chi connectivity index (χ1n) is 9.78.